The molecule has 8 heteroatoms. The largest absolute Gasteiger partial charge is 0.870 e. The summed E-state index contributed by atoms with van der Waals surface area (Å²) in [4.78, 5) is 28.1. The molecule has 122 valence electrons. The average molecular weight is 320 g/mol. The van der Waals surface area contributed by atoms with Crippen LogP contribution < -0.4 is 10.8 Å². The highest BCUT2D eigenvalue weighted by atomic mass is 19.1. The minimum atomic E-state index is -0.979. The molecule has 2 rings (SSSR count). The summed E-state index contributed by atoms with van der Waals surface area (Å²) in [5.74, 6) is -2.23. The normalized spacial score (nSPS) is 19.0. The molecular formula is C15H15FN3O4-. The van der Waals surface area contributed by atoms with Crippen molar-refractivity contribution >= 4 is 24.1 Å². The summed E-state index contributed by atoms with van der Waals surface area (Å²) in [6, 6.07) is 2.41. The molecule has 1 aliphatic rings. The van der Waals surface area contributed by atoms with Crippen molar-refractivity contribution in [2.24, 2.45) is 10.7 Å². The number of rotatable bonds is 5. The van der Waals surface area contributed by atoms with Gasteiger partial charge in [0.15, 0.2) is 0 Å². The van der Waals surface area contributed by atoms with Crippen LogP contribution in [0.3, 0.4) is 0 Å². The van der Waals surface area contributed by atoms with Crippen molar-refractivity contribution in [3.63, 3.8) is 0 Å². The number of benzene rings is 1. The number of nitrogens with zero attached hydrogens (tertiary/aromatic N) is 2. The van der Waals surface area contributed by atoms with Crippen molar-refractivity contribution in [2.45, 2.75) is 19.1 Å². The van der Waals surface area contributed by atoms with Gasteiger partial charge in [-0.15, -0.1) is 0 Å². The van der Waals surface area contributed by atoms with E-state index in [0.717, 1.165) is 17.0 Å². The van der Waals surface area contributed by atoms with E-state index in [0.29, 0.717) is 6.29 Å². The fraction of sp³-hybridized carbons (Fsp3) is 0.267. The number of nitrogens with two attached hydrogens (primary N) is 1. The lowest BCUT2D eigenvalue weighted by molar-refractivity contribution is -0.272. The molecule has 0 spiro atoms. The second-order valence-corrected chi connectivity index (χ2v) is 5.04. The lowest BCUT2D eigenvalue weighted by Crippen LogP contribution is -2.49. The van der Waals surface area contributed by atoms with E-state index in [-0.39, 0.29) is 23.6 Å². The lowest BCUT2D eigenvalue weighted by Gasteiger charge is -2.21. The zero-order chi connectivity index (χ0) is 17.1. The first-order valence-electron chi connectivity index (χ1n) is 6.81. The van der Waals surface area contributed by atoms with Gasteiger partial charge in [-0.1, -0.05) is 17.9 Å². The zero-order valence-corrected chi connectivity index (χ0v) is 12.3. The van der Waals surface area contributed by atoms with Crippen LogP contribution in [0.4, 0.5) is 4.39 Å². The van der Waals surface area contributed by atoms with Gasteiger partial charge in [0.05, 0.1) is 18.7 Å². The van der Waals surface area contributed by atoms with Crippen molar-refractivity contribution in [1.82, 2.24) is 4.90 Å². The molecular weight excluding hydrogens is 305 g/mol. The quantitative estimate of drug-likeness (QED) is 0.554. The highest BCUT2D eigenvalue weighted by Crippen LogP contribution is 2.21. The second-order valence-electron chi connectivity index (χ2n) is 5.04. The third-order valence-corrected chi connectivity index (χ3v) is 3.31. The number of amides is 1. The molecule has 0 bridgehead atoms. The predicted octanol–water partition coefficient (Wildman–Crippen LogP) is -0.612. The maximum Gasteiger partial charge on any atom is 0.278 e. The van der Waals surface area contributed by atoms with E-state index in [1.165, 1.54) is 19.1 Å². The molecule has 0 aromatic heterocycles. The predicted molar refractivity (Wildman–Crippen MR) is 78.7 cm³/mol. The Bertz CT molecular complexity index is 700. The molecule has 1 aromatic carbocycles. The molecule has 7 nitrogen and oxygen atoms in total. The number of aliphatic hydroxyl groups excluding tert-OH is 1. The van der Waals surface area contributed by atoms with Gasteiger partial charge < -0.3 is 20.7 Å². The van der Waals surface area contributed by atoms with Crippen molar-refractivity contribution in [2.75, 3.05) is 6.54 Å². The number of hydrogen-bond acceptors (Lipinski definition) is 6. The van der Waals surface area contributed by atoms with Crippen molar-refractivity contribution in [3.05, 3.63) is 35.3 Å². The summed E-state index contributed by atoms with van der Waals surface area (Å²) >= 11 is 0. The fourth-order valence-electron chi connectivity index (χ4n) is 2.05. The van der Waals surface area contributed by atoms with Crippen LogP contribution in [0.5, 0.6) is 5.75 Å². The molecule has 1 aliphatic heterocycles. The third-order valence-electron chi connectivity index (χ3n) is 3.31. The summed E-state index contributed by atoms with van der Waals surface area (Å²) in [5.41, 5.74) is 6.00. The van der Waals surface area contributed by atoms with Crippen LogP contribution in [-0.4, -0.2) is 46.7 Å². The maximum atomic E-state index is 13.3. The SMILES string of the molecule is C[C@@H](O)[C@H](N)C1=N/C(=C/c2ccc([O-])c(F)c2)C(=O)N1CC=O. The molecule has 2 atom stereocenters. The Kier molecular flexibility index (Phi) is 4.87. The average Bonchev–Trinajstić information content (AvgIpc) is 2.80. The van der Waals surface area contributed by atoms with Gasteiger partial charge in [0.1, 0.15) is 23.6 Å². The Morgan fingerprint density at radius 3 is 2.78 bits per heavy atom. The van der Waals surface area contributed by atoms with Gasteiger partial charge in [0.25, 0.3) is 5.91 Å². The van der Waals surface area contributed by atoms with Gasteiger partial charge in [0, 0.05) is 0 Å². The number of amidine groups is 1. The van der Waals surface area contributed by atoms with Crippen LogP contribution >= 0.6 is 0 Å². The number of hydrogen-bond donors (Lipinski definition) is 2. The van der Waals surface area contributed by atoms with Crippen LogP contribution in [0, 0.1) is 5.82 Å². The summed E-state index contributed by atoms with van der Waals surface area (Å²) in [6.45, 7) is 1.17. The molecule has 23 heavy (non-hydrogen) atoms. The van der Waals surface area contributed by atoms with E-state index in [4.69, 9.17) is 5.73 Å². The van der Waals surface area contributed by atoms with Gasteiger partial charge >= 0.3 is 0 Å². The first kappa shape index (κ1) is 16.8. The van der Waals surface area contributed by atoms with Gasteiger partial charge in [-0.3, -0.25) is 9.69 Å². The van der Waals surface area contributed by atoms with E-state index in [1.54, 1.807) is 0 Å². The van der Waals surface area contributed by atoms with Gasteiger partial charge in [0.2, 0.25) is 0 Å². The number of halogens is 1. The molecule has 0 saturated carbocycles. The maximum absolute atomic E-state index is 13.3. The molecule has 0 aliphatic carbocycles. The Labute approximate surface area is 131 Å². The molecule has 0 unspecified atom stereocenters. The molecule has 1 aromatic rings. The Hall–Kier alpha value is -2.58. The van der Waals surface area contributed by atoms with Gasteiger partial charge in [-0.25, -0.2) is 9.38 Å². The Balaban J connectivity index is 2.41. The number of aldehydes is 1. The van der Waals surface area contributed by atoms with Crippen LogP contribution in [-0.2, 0) is 9.59 Å². The molecule has 0 radical (unpaired) electrons. The van der Waals surface area contributed by atoms with Crippen molar-refractivity contribution in [1.29, 1.82) is 0 Å². The van der Waals surface area contributed by atoms with E-state index in [9.17, 15) is 24.2 Å². The smallest absolute Gasteiger partial charge is 0.278 e. The summed E-state index contributed by atoms with van der Waals surface area (Å²) in [6.07, 6.45) is 0.814. The van der Waals surface area contributed by atoms with Gasteiger partial charge in [-0.2, -0.15) is 0 Å². The number of aliphatic imine (C=N–C) groups is 1. The molecule has 0 fully saturated rings. The monoisotopic (exact) mass is 320 g/mol. The van der Waals surface area contributed by atoms with Crippen molar-refractivity contribution in [3.8, 4) is 5.75 Å². The highest BCUT2D eigenvalue weighted by Gasteiger charge is 2.34. The topological polar surface area (TPSA) is 119 Å². The van der Waals surface area contributed by atoms with E-state index >= 15 is 0 Å². The number of aliphatic hydroxyl groups is 1. The Morgan fingerprint density at radius 1 is 1.52 bits per heavy atom. The molecule has 3 N–H and O–H groups in total. The van der Waals surface area contributed by atoms with Crippen molar-refractivity contribution < 1.29 is 24.2 Å². The first-order valence-corrected chi connectivity index (χ1v) is 6.81. The fourth-order valence-corrected chi connectivity index (χ4v) is 2.05. The van der Waals surface area contributed by atoms with E-state index in [1.807, 2.05) is 0 Å². The van der Waals surface area contributed by atoms with E-state index in [2.05, 4.69) is 4.99 Å². The van der Waals surface area contributed by atoms with Crippen LogP contribution in [0.15, 0.2) is 28.9 Å². The highest BCUT2D eigenvalue weighted by molar-refractivity contribution is 6.16. The second kappa shape index (κ2) is 6.67. The minimum Gasteiger partial charge on any atom is -0.870 e. The van der Waals surface area contributed by atoms with Gasteiger partial charge in [-0.05, 0) is 24.6 Å². The third kappa shape index (κ3) is 3.43. The number of carbonyl (C=O) groups is 2. The Morgan fingerprint density at radius 2 is 2.22 bits per heavy atom. The summed E-state index contributed by atoms with van der Waals surface area (Å²) in [7, 11) is 0. The first-order chi connectivity index (χ1) is 10.8. The summed E-state index contributed by atoms with van der Waals surface area (Å²) in [5, 5.41) is 20.6. The zero-order valence-electron chi connectivity index (χ0n) is 12.3. The molecule has 0 saturated heterocycles. The van der Waals surface area contributed by atoms with Crippen LogP contribution in [0.2, 0.25) is 0 Å². The summed E-state index contributed by atoms with van der Waals surface area (Å²) < 4.78 is 13.3. The molecule has 1 heterocycles. The van der Waals surface area contributed by atoms with Crippen LogP contribution in [0.1, 0.15) is 12.5 Å². The van der Waals surface area contributed by atoms with Crippen LogP contribution in [0.25, 0.3) is 6.08 Å². The minimum absolute atomic E-state index is 0.0593. The standard InChI is InChI=1S/C15H16FN3O4/c1-8(21)13(17)14-18-11(15(23)19(14)4-5-20)7-9-2-3-12(22)10(16)6-9/h2-3,5-8,13,21-22H,4,17H2,1H3/p-1/b11-7+/t8-,13+/m1/s1. The molecule has 1 amide bonds. The lowest BCUT2D eigenvalue weighted by atomic mass is 10.1. The number of carbonyl (C=O) groups excluding carboxylic acids is 2. The van der Waals surface area contributed by atoms with E-state index < -0.39 is 29.6 Å².